The van der Waals surface area contributed by atoms with Gasteiger partial charge >= 0.3 is 5.97 Å². The molecule has 1 N–H and O–H groups in total. The molecule has 1 aliphatic heterocycles. The first-order valence-corrected chi connectivity index (χ1v) is 7.78. The number of carbonyl (C=O) groups is 2. The van der Waals surface area contributed by atoms with E-state index in [9.17, 15) is 14.7 Å². The second-order valence-corrected chi connectivity index (χ2v) is 7.67. The zero-order chi connectivity index (χ0) is 14.2. The van der Waals surface area contributed by atoms with Crippen LogP contribution in [0.5, 0.6) is 0 Å². The van der Waals surface area contributed by atoms with Gasteiger partial charge in [0.15, 0.2) is 0 Å². The third kappa shape index (κ3) is 3.00. The summed E-state index contributed by atoms with van der Waals surface area (Å²) in [5.74, 6) is -1.27. The molecule has 2 heterocycles. The van der Waals surface area contributed by atoms with Crippen LogP contribution in [0.1, 0.15) is 31.2 Å². The Kier molecular flexibility index (Phi) is 4.30. The zero-order valence-electron chi connectivity index (χ0n) is 10.8. The van der Waals surface area contributed by atoms with Crippen LogP contribution in [0.25, 0.3) is 0 Å². The van der Waals surface area contributed by atoms with E-state index in [-0.39, 0.29) is 18.4 Å². The number of carboxylic acid groups (broad SMARTS) is 1. The molecule has 6 heteroatoms. The summed E-state index contributed by atoms with van der Waals surface area (Å²) in [6, 6.07) is 3.47. The van der Waals surface area contributed by atoms with Crippen LogP contribution in [0.4, 0.5) is 0 Å². The highest BCUT2D eigenvalue weighted by molar-refractivity contribution is 9.11. The van der Waals surface area contributed by atoms with E-state index in [1.807, 2.05) is 26.0 Å². The number of thiophene rings is 1. The van der Waals surface area contributed by atoms with E-state index in [2.05, 4.69) is 15.9 Å². The second kappa shape index (κ2) is 5.63. The van der Waals surface area contributed by atoms with E-state index < -0.39 is 11.9 Å². The molecular formula is C13H16BrNO3S. The van der Waals surface area contributed by atoms with Gasteiger partial charge in [-0.05, 0) is 34.0 Å². The maximum Gasteiger partial charge on any atom is 0.309 e. The number of likely N-dealkylation sites (tertiary alicyclic amines) is 1. The molecule has 0 aromatic carbocycles. The number of hydrogen-bond donors (Lipinski definition) is 1. The summed E-state index contributed by atoms with van der Waals surface area (Å²) in [6.07, 6.45) is 0.0994. The Hall–Kier alpha value is -0.880. The van der Waals surface area contributed by atoms with Gasteiger partial charge in [-0.3, -0.25) is 9.59 Å². The second-order valence-electron chi connectivity index (χ2n) is 5.18. The lowest BCUT2D eigenvalue weighted by molar-refractivity contribution is -0.142. The topological polar surface area (TPSA) is 57.6 Å². The minimum Gasteiger partial charge on any atom is -0.481 e. The van der Waals surface area contributed by atoms with Crippen LogP contribution >= 0.6 is 27.3 Å². The zero-order valence-corrected chi connectivity index (χ0v) is 13.2. The van der Waals surface area contributed by atoms with E-state index in [4.69, 9.17) is 0 Å². The number of carboxylic acids is 1. The van der Waals surface area contributed by atoms with Crippen LogP contribution in [-0.4, -0.2) is 28.4 Å². The van der Waals surface area contributed by atoms with Gasteiger partial charge in [0.25, 0.3) is 0 Å². The normalized spacial score (nSPS) is 23.4. The van der Waals surface area contributed by atoms with E-state index in [1.54, 1.807) is 4.90 Å². The van der Waals surface area contributed by atoms with E-state index in [0.29, 0.717) is 12.5 Å². The van der Waals surface area contributed by atoms with Crippen LogP contribution < -0.4 is 0 Å². The molecule has 0 spiro atoms. The molecule has 2 unspecified atom stereocenters. The van der Waals surface area contributed by atoms with Gasteiger partial charge in [0.2, 0.25) is 5.91 Å². The first kappa shape index (κ1) is 14.5. The number of nitrogens with zero attached hydrogens (tertiary/aromatic N) is 1. The van der Waals surface area contributed by atoms with Gasteiger partial charge in [-0.1, -0.05) is 13.8 Å². The van der Waals surface area contributed by atoms with Crippen molar-refractivity contribution in [1.29, 1.82) is 0 Å². The smallest absolute Gasteiger partial charge is 0.309 e. The van der Waals surface area contributed by atoms with Crippen LogP contribution in [-0.2, 0) is 9.59 Å². The molecule has 104 valence electrons. The van der Waals surface area contributed by atoms with E-state index in [0.717, 1.165) is 8.66 Å². The van der Waals surface area contributed by atoms with Crippen molar-refractivity contribution in [1.82, 2.24) is 4.90 Å². The van der Waals surface area contributed by atoms with Crippen LogP contribution in [0.2, 0.25) is 0 Å². The molecule has 0 bridgehead atoms. The van der Waals surface area contributed by atoms with Crippen molar-refractivity contribution in [3.8, 4) is 0 Å². The first-order valence-electron chi connectivity index (χ1n) is 6.17. The summed E-state index contributed by atoms with van der Waals surface area (Å²) in [6.45, 7) is 4.66. The lowest BCUT2D eigenvalue weighted by Gasteiger charge is -2.27. The third-order valence-corrected chi connectivity index (χ3v) is 4.89. The van der Waals surface area contributed by atoms with Crippen LogP contribution in [0.3, 0.4) is 0 Å². The maximum absolute atomic E-state index is 12.1. The standard InChI is InChI=1S/C13H16BrNO3S/c1-7(2)6-15-11(16)5-8(13(17)18)12(15)9-3-4-10(14)19-9/h3-4,7-8,12H,5-6H2,1-2H3,(H,17,18). The molecule has 1 aliphatic rings. The molecule has 1 aromatic heterocycles. The molecule has 4 nitrogen and oxygen atoms in total. The Morgan fingerprint density at radius 1 is 1.58 bits per heavy atom. The minimum atomic E-state index is -0.894. The predicted molar refractivity (Wildman–Crippen MR) is 77.1 cm³/mol. The fourth-order valence-electron chi connectivity index (χ4n) is 2.46. The van der Waals surface area contributed by atoms with Crippen molar-refractivity contribution in [2.75, 3.05) is 6.54 Å². The number of carbonyl (C=O) groups excluding carboxylic acids is 1. The van der Waals surface area contributed by atoms with Gasteiger partial charge in [-0.25, -0.2) is 0 Å². The summed E-state index contributed by atoms with van der Waals surface area (Å²) in [5.41, 5.74) is 0. The highest BCUT2D eigenvalue weighted by Crippen LogP contribution is 2.42. The summed E-state index contributed by atoms with van der Waals surface area (Å²) in [5, 5.41) is 9.34. The van der Waals surface area contributed by atoms with Crippen molar-refractivity contribution in [3.63, 3.8) is 0 Å². The Balaban J connectivity index is 2.35. The lowest BCUT2D eigenvalue weighted by atomic mass is 9.99. The predicted octanol–water partition coefficient (Wildman–Crippen LogP) is 3.14. The molecule has 19 heavy (non-hydrogen) atoms. The SMILES string of the molecule is CC(C)CN1C(=O)CC(C(=O)O)C1c1ccc(Br)s1. The van der Waals surface area contributed by atoms with Gasteiger partial charge in [0, 0.05) is 17.8 Å². The van der Waals surface area contributed by atoms with E-state index >= 15 is 0 Å². The fourth-order valence-corrected chi connectivity index (χ4v) is 4.06. The van der Waals surface area contributed by atoms with Crippen molar-refractivity contribution in [2.24, 2.45) is 11.8 Å². The third-order valence-electron chi connectivity index (χ3n) is 3.20. The van der Waals surface area contributed by atoms with Crippen molar-refractivity contribution in [2.45, 2.75) is 26.3 Å². The largest absolute Gasteiger partial charge is 0.481 e. The highest BCUT2D eigenvalue weighted by atomic mass is 79.9. The van der Waals surface area contributed by atoms with Crippen molar-refractivity contribution < 1.29 is 14.7 Å². The highest BCUT2D eigenvalue weighted by Gasteiger charge is 2.45. The summed E-state index contributed by atoms with van der Waals surface area (Å²) < 4.78 is 0.954. The summed E-state index contributed by atoms with van der Waals surface area (Å²) in [4.78, 5) is 26.1. The Labute approximate surface area is 124 Å². The summed E-state index contributed by atoms with van der Waals surface area (Å²) >= 11 is 4.89. The molecule has 1 saturated heterocycles. The van der Waals surface area contributed by atoms with Gasteiger partial charge in [-0.2, -0.15) is 0 Å². The Morgan fingerprint density at radius 2 is 2.26 bits per heavy atom. The summed E-state index contributed by atoms with van der Waals surface area (Å²) in [7, 11) is 0. The first-order chi connectivity index (χ1) is 8.90. The average molecular weight is 346 g/mol. The Morgan fingerprint density at radius 3 is 2.74 bits per heavy atom. The van der Waals surface area contributed by atoms with Crippen LogP contribution in [0, 0.1) is 11.8 Å². The van der Waals surface area contributed by atoms with Crippen molar-refractivity contribution >= 4 is 39.1 Å². The average Bonchev–Trinajstić information content (AvgIpc) is 2.84. The van der Waals surface area contributed by atoms with E-state index in [1.165, 1.54) is 11.3 Å². The molecular weight excluding hydrogens is 330 g/mol. The number of amides is 1. The number of rotatable bonds is 4. The van der Waals surface area contributed by atoms with Crippen LogP contribution in [0.15, 0.2) is 15.9 Å². The minimum absolute atomic E-state index is 0.0596. The van der Waals surface area contributed by atoms with Gasteiger partial charge in [-0.15, -0.1) is 11.3 Å². The molecule has 0 aliphatic carbocycles. The number of halogens is 1. The quantitative estimate of drug-likeness (QED) is 0.911. The molecule has 1 aromatic rings. The number of hydrogen-bond acceptors (Lipinski definition) is 3. The number of aliphatic carboxylic acids is 1. The molecule has 2 rings (SSSR count). The van der Waals surface area contributed by atoms with Crippen molar-refractivity contribution in [3.05, 3.63) is 20.8 Å². The van der Waals surface area contributed by atoms with Gasteiger partial charge in [0.05, 0.1) is 15.7 Å². The maximum atomic E-state index is 12.1. The molecule has 0 radical (unpaired) electrons. The molecule has 2 atom stereocenters. The molecule has 1 fully saturated rings. The fraction of sp³-hybridized carbons (Fsp3) is 0.538. The molecule has 1 amide bonds. The lowest BCUT2D eigenvalue weighted by Crippen LogP contribution is -2.33. The molecule has 0 saturated carbocycles. The van der Waals surface area contributed by atoms with Gasteiger partial charge in [0.1, 0.15) is 0 Å². The Bertz CT molecular complexity index is 500. The van der Waals surface area contributed by atoms with Gasteiger partial charge < -0.3 is 10.0 Å². The monoisotopic (exact) mass is 345 g/mol.